The van der Waals surface area contributed by atoms with Gasteiger partial charge in [-0.25, -0.2) is 0 Å². The molecule has 1 rings (SSSR count). The Kier molecular flexibility index (Phi) is 2.93. The Bertz CT molecular complexity index is 282. The van der Waals surface area contributed by atoms with Gasteiger partial charge in [0.15, 0.2) is 0 Å². The van der Waals surface area contributed by atoms with E-state index in [9.17, 15) is 4.79 Å². The van der Waals surface area contributed by atoms with Crippen LogP contribution in [0.1, 0.15) is 21.5 Å². The highest BCUT2D eigenvalue weighted by Gasteiger charge is 2.02. The minimum absolute atomic E-state index is 0.766. The quantitative estimate of drug-likeness (QED) is 0.514. The monoisotopic (exact) mass is 180 g/mol. The lowest BCUT2D eigenvalue weighted by Gasteiger charge is -2.06. The van der Waals surface area contributed by atoms with Crippen LogP contribution in [0.4, 0.5) is 0 Å². The Morgan fingerprint density at radius 3 is 2.08 bits per heavy atom. The van der Waals surface area contributed by atoms with Crippen molar-refractivity contribution in [3.63, 3.8) is 0 Å². The molecule has 0 heterocycles. The van der Waals surface area contributed by atoms with Crippen LogP contribution in [0.15, 0.2) is 17.0 Å². The molecular weight excluding hydrogens is 168 g/mol. The van der Waals surface area contributed by atoms with E-state index in [2.05, 4.69) is 6.26 Å². The number of aryl methyl sites for hydroxylation is 2. The van der Waals surface area contributed by atoms with Crippen molar-refractivity contribution in [2.75, 3.05) is 6.26 Å². The van der Waals surface area contributed by atoms with Gasteiger partial charge in [-0.1, -0.05) is 0 Å². The first-order valence-electron chi connectivity index (χ1n) is 3.79. The Labute approximate surface area is 77.2 Å². The van der Waals surface area contributed by atoms with Gasteiger partial charge in [-0.3, -0.25) is 4.79 Å². The number of aldehydes is 1. The zero-order chi connectivity index (χ0) is 9.14. The maximum Gasteiger partial charge on any atom is 0.150 e. The van der Waals surface area contributed by atoms with Gasteiger partial charge < -0.3 is 0 Å². The molecule has 1 aromatic carbocycles. The lowest BCUT2D eigenvalue weighted by Crippen LogP contribution is -1.89. The van der Waals surface area contributed by atoms with Crippen molar-refractivity contribution in [1.29, 1.82) is 0 Å². The van der Waals surface area contributed by atoms with E-state index in [0.29, 0.717) is 0 Å². The van der Waals surface area contributed by atoms with Gasteiger partial charge in [0.2, 0.25) is 0 Å². The number of carbonyl (C=O) groups is 1. The van der Waals surface area contributed by atoms with E-state index in [1.807, 2.05) is 26.0 Å². The second-order valence-corrected chi connectivity index (χ2v) is 3.62. The third-order valence-electron chi connectivity index (χ3n) is 1.82. The van der Waals surface area contributed by atoms with E-state index in [1.54, 1.807) is 11.8 Å². The maximum atomic E-state index is 10.5. The molecule has 64 valence electrons. The van der Waals surface area contributed by atoms with Crippen molar-refractivity contribution < 1.29 is 4.79 Å². The number of rotatable bonds is 2. The molecular formula is C10H12OS. The summed E-state index contributed by atoms with van der Waals surface area (Å²) in [5.74, 6) is 0. The molecule has 12 heavy (non-hydrogen) atoms. The average Bonchev–Trinajstić information content (AvgIpc) is 2.03. The molecule has 0 radical (unpaired) electrons. The Hall–Kier alpha value is -0.760. The largest absolute Gasteiger partial charge is 0.298 e. The molecule has 2 heteroatoms. The van der Waals surface area contributed by atoms with Crippen LogP contribution >= 0.6 is 11.8 Å². The van der Waals surface area contributed by atoms with Crippen molar-refractivity contribution in [1.82, 2.24) is 0 Å². The van der Waals surface area contributed by atoms with Crippen molar-refractivity contribution in [3.05, 3.63) is 28.8 Å². The third-order valence-corrected chi connectivity index (χ3v) is 2.88. The van der Waals surface area contributed by atoms with Gasteiger partial charge in [0.05, 0.1) is 0 Å². The third kappa shape index (κ3) is 1.69. The van der Waals surface area contributed by atoms with Crippen LogP contribution in [-0.2, 0) is 0 Å². The summed E-state index contributed by atoms with van der Waals surface area (Å²) in [5, 5.41) is 0. The summed E-state index contributed by atoms with van der Waals surface area (Å²) in [6, 6.07) is 3.84. The molecule has 0 saturated heterocycles. The summed E-state index contributed by atoms with van der Waals surface area (Å²) in [5.41, 5.74) is 3.14. The van der Waals surface area contributed by atoms with Crippen molar-refractivity contribution in [3.8, 4) is 0 Å². The molecule has 0 aromatic heterocycles. The lowest BCUT2D eigenvalue weighted by atomic mass is 10.1. The second-order valence-electron chi connectivity index (χ2n) is 2.81. The van der Waals surface area contributed by atoms with Gasteiger partial charge in [0.25, 0.3) is 0 Å². The van der Waals surface area contributed by atoms with Crippen LogP contribution in [0.2, 0.25) is 0 Å². The topological polar surface area (TPSA) is 17.1 Å². The summed E-state index contributed by atoms with van der Waals surface area (Å²) < 4.78 is 0. The molecule has 0 amide bonds. The first-order valence-corrected chi connectivity index (χ1v) is 5.02. The minimum Gasteiger partial charge on any atom is -0.298 e. The highest BCUT2D eigenvalue weighted by Crippen LogP contribution is 2.24. The van der Waals surface area contributed by atoms with E-state index in [-0.39, 0.29) is 0 Å². The Morgan fingerprint density at radius 1 is 1.25 bits per heavy atom. The molecule has 0 fully saturated rings. The average molecular weight is 180 g/mol. The lowest BCUT2D eigenvalue weighted by molar-refractivity contribution is 0.112. The van der Waals surface area contributed by atoms with Crippen LogP contribution in [0, 0.1) is 13.8 Å². The van der Waals surface area contributed by atoms with Gasteiger partial charge in [-0.05, 0) is 43.4 Å². The van der Waals surface area contributed by atoms with Crippen molar-refractivity contribution in [2.45, 2.75) is 18.7 Å². The standard InChI is InChI=1S/C10H12OS/c1-7-4-9(6-11)5-8(2)10(7)12-3/h4-6H,1-3H3. The van der Waals surface area contributed by atoms with Crippen LogP contribution in [0.25, 0.3) is 0 Å². The molecule has 0 spiro atoms. The number of benzene rings is 1. The van der Waals surface area contributed by atoms with Gasteiger partial charge in [-0.15, -0.1) is 11.8 Å². The maximum absolute atomic E-state index is 10.5. The summed E-state index contributed by atoms with van der Waals surface area (Å²) >= 11 is 1.73. The van der Waals surface area contributed by atoms with Crippen LogP contribution in [-0.4, -0.2) is 12.5 Å². The number of hydrogen-bond donors (Lipinski definition) is 0. The first-order chi connectivity index (χ1) is 5.69. The molecule has 0 aliphatic rings. The molecule has 1 aromatic rings. The number of hydrogen-bond acceptors (Lipinski definition) is 2. The fourth-order valence-corrected chi connectivity index (χ4v) is 2.14. The van der Waals surface area contributed by atoms with Crippen LogP contribution in [0.3, 0.4) is 0 Å². The summed E-state index contributed by atoms with van der Waals surface area (Å²) in [6.45, 7) is 4.07. The minimum atomic E-state index is 0.766. The van der Waals surface area contributed by atoms with Crippen LogP contribution in [0.5, 0.6) is 0 Å². The molecule has 0 N–H and O–H groups in total. The fraction of sp³-hybridized carbons (Fsp3) is 0.300. The van der Waals surface area contributed by atoms with Gasteiger partial charge >= 0.3 is 0 Å². The molecule has 0 aliphatic heterocycles. The highest BCUT2D eigenvalue weighted by atomic mass is 32.2. The summed E-state index contributed by atoms with van der Waals surface area (Å²) in [6.07, 6.45) is 2.94. The van der Waals surface area contributed by atoms with Crippen molar-refractivity contribution >= 4 is 18.0 Å². The number of carbonyl (C=O) groups excluding carboxylic acids is 1. The fourth-order valence-electron chi connectivity index (χ4n) is 1.37. The molecule has 0 aliphatic carbocycles. The zero-order valence-electron chi connectivity index (χ0n) is 7.55. The first kappa shape index (κ1) is 9.33. The van der Waals surface area contributed by atoms with Crippen LogP contribution < -0.4 is 0 Å². The van der Waals surface area contributed by atoms with Crippen molar-refractivity contribution in [2.24, 2.45) is 0 Å². The molecule has 0 unspecified atom stereocenters. The smallest absolute Gasteiger partial charge is 0.150 e. The molecule has 1 nitrogen and oxygen atoms in total. The molecule has 0 saturated carbocycles. The van der Waals surface area contributed by atoms with E-state index < -0.39 is 0 Å². The van der Waals surface area contributed by atoms with E-state index >= 15 is 0 Å². The second kappa shape index (κ2) is 3.76. The Morgan fingerprint density at radius 2 is 1.75 bits per heavy atom. The van der Waals surface area contributed by atoms with E-state index in [4.69, 9.17) is 0 Å². The summed E-state index contributed by atoms with van der Waals surface area (Å²) in [7, 11) is 0. The normalized spacial score (nSPS) is 9.92. The Balaban J connectivity index is 3.27. The zero-order valence-corrected chi connectivity index (χ0v) is 8.37. The van der Waals surface area contributed by atoms with Gasteiger partial charge in [0.1, 0.15) is 6.29 Å². The predicted molar refractivity (Wildman–Crippen MR) is 53.1 cm³/mol. The SMILES string of the molecule is CSc1c(C)cc(C=O)cc1C. The van der Waals surface area contributed by atoms with E-state index in [0.717, 1.165) is 11.8 Å². The van der Waals surface area contributed by atoms with Gasteiger partial charge in [0, 0.05) is 10.5 Å². The van der Waals surface area contributed by atoms with E-state index in [1.165, 1.54) is 16.0 Å². The molecule has 0 bridgehead atoms. The summed E-state index contributed by atoms with van der Waals surface area (Å²) in [4.78, 5) is 11.8. The predicted octanol–water partition coefficient (Wildman–Crippen LogP) is 2.84. The highest BCUT2D eigenvalue weighted by molar-refractivity contribution is 7.98. The number of thioether (sulfide) groups is 1. The van der Waals surface area contributed by atoms with Gasteiger partial charge in [-0.2, -0.15) is 0 Å². The molecule has 0 atom stereocenters.